The number of hydrogen-bond donors (Lipinski definition) is 0. The van der Waals surface area contributed by atoms with Gasteiger partial charge in [0.2, 0.25) is 0 Å². The summed E-state index contributed by atoms with van der Waals surface area (Å²) in [6, 6.07) is 58.8. The second-order valence-electron chi connectivity index (χ2n) is 12.1. The van der Waals surface area contributed by atoms with E-state index in [2.05, 4.69) is 158 Å². The van der Waals surface area contributed by atoms with Crippen LogP contribution in [0.3, 0.4) is 0 Å². The summed E-state index contributed by atoms with van der Waals surface area (Å²) in [4.78, 5) is 0. The lowest BCUT2D eigenvalue weighted by Gasteiger charge is -2.18. The van der Waals surface area contributed by atoms with Crippen LogP contribution in [0.4, 0.5) is 0 Å². The molecule has 0 aliphatic rings. The van der Waals surface area contributed by atoms with Crippen molar-refractivity contribution in [3.05, 3.63) is 158 Å². The van der Waals surface area contributed by atoms with Crippen LogP contribution in [0.15, 0.2) is 158 Å². The van der Waals surface area contributed by atoms with Gasteiger partial charge in [0.15, 0.2) is 0 Å². The van der Waals surface area contributed by atoms with Gasteiger partial charge in [-0.2, -0.15) is 0 Å². The van der Waals surface area contributed by atoms with Crippen molar-refractivity contribution in [2.75, 3.05) is 0 Å². The van der Waals surface area contributed by atoms with Gasteiger partial charge in [-0.15, -0.1) is 0 Å². The van der Waals surface area contributed by atoms with Gasteiger partial charge in [0.05, 0.1) is 0 Å². The molecule has 0 radical (unpaired) electrons. The largest absolute Gasteiger partial charge is 0.0616 e. The van der Waals surface area contributed by atoms with Gasteiger partial charge in [0.25, 0.3) is 0 Å². The molecule has 0 aromatic heterocycles. The molecule has 44 heavy (non-hydrogen) atoms. The van der Waals surface area contributed by atoms with E-state index in [1.54, 1.807) is 0 Å². The number of benzene rings is 10. The van der Waals surface area contributed by atoms with Crippen LogP contribution in [0.1, 0.15) is 0 Å². The van der Waals surface area contributed by atoms with Gasteiger partial charge in [-0.3, -0.25) is 0 Å². The van der Waals surface area contributed by atoms with Gasteiger partial charge in [-0.05, 0) is 116 Å². The molecule has 0 heterocycles. The first-order valence-electron chi connectivity index (χ1n) is 15.3. The van der Waals surface area contributed by atoms with E-state index in [1.807, 2.05) is 0 Å². The Morgan fingerprint density at radius 2 is 0.750 bits per heavy atom. The molecule has 0 atom stereocenters. The van der Waals surface area contributed by atoms with Gasteiger partial charge < -0.3 is 0 Å². The summed E-state index contributed by atoms with van der Waals surface area (Å²) in [7, 11) is 0. The molecule has 0 nitrogen and oxygen atoms in total. The van der Waals surface area contributed by atoms with Crippen LogP contribution in [-0.4, -0.2) is 0 Å². The lowest BCUT2D eigenvalue weighted by molar-refractivity contribution is 1.65. The van der Waals surface area contributed by atoms with Gasteiger partial charge in [0.1, 0.15) is 0 Å². The predicted molar refractivity (Wildman–Crippen MR) is 191 cm³/mol. The summed E-state index contributed by atoms with van der Waals surface area (Å²) in [5.41, 5.74) is 5.05. The first kappa shape index (κ1) is 23.8. The lowest BCUT2D eigenvalue weighted by atomic mass is 9.85. The zero-order valence-electron chi connectivity index (χ0n) is 24.0. The molecular formula is C44H26. The van der Waals surface area contributed by atoms with Gasteiger partial charge in [-0.1, -0.05) is 140 Å². The molecule has 0 heteroatoms. The molecule has 0 aliphatic heterocycles. The van der Waals surface area contributed by atoms with E-state index in [4.69, 9.17) is 0 Å². The number of hydrogen-bond acceptors (Lipinski definition) is 0. The molecule has 0 N–H and O–H groups in total. The topological polar surface area (TPSA) is 0 Å². The van der Waals surface area contributed by atoms with Crippen molar-refractivity contribution in [2.24, 2.45) is 0 Å². The van der Waals surface area contributed by atoms with E-state index < -0.39 is 0 Å². The van der Waals surface area contributed by atoms with E-state index in [0.29, 0.717) is 0 Å². The van der Waals surface area contributed by atoms with Gasteiger partial charge in [0, 0.05) is 0 Å². The SMILES string of the molecule is c1ccc2cc(-c3ccc4ccc5cccc6ccc3c4c56)c(-c3ccc4c(ccc5c6ccccc6ccc45)c3)cc2c1. The van der Waals surface area contributed by atoms with Crippen molar-refractivity contribution in [1.82, 2.24) is 0 Å². The molecule has 0 spiro atoms. The molecule has 0 saturated carbocycles. The Morgan fingerprint density at radius 3 is 1.55 bits per heavy atom. The second-order valence-corrected chi connectivity index (χ2v) is 12.1. The molecule has 202 valence electrons. The third-order valence-corrected chi connectivity index (χ3v) is 9.76. The van der Waals surface area contributed by atoms with Crippen LogP contribution >= 0.6 is 0 Å². The van der Waals surface area contributed by atoms with Crippen molar-refractivity contribution < 1.29 is 0 Å². The number of rotatable bonds is 2. The fourth-order valence-electron chi connectivity index (χ4n) is 7.67. The predicted octanol–water partition coefficient (Wildman–Crippen LogP) is 12.5. The van der Waals surface area contributed by atoms with E-state index in [9.17, 15) is 0 Å². The maximum Gasteiger partial charge on any atom is -0.00206 e. The van der Waals surface area contributed by atoms with E-state index in [0.717, 1.165) is 0 Å². The van der Waals surface area contributed by atoms with Crippen molar-refractivity contribution in [3.63, 3.8) is 0 Å². The summed E-state index contributed by atoms with van der Waals surface area (Å²) >= 11 is 0. The highest BCUT2D eigenvalue weighted by molar-refractivity contribution is 6.26. The van der Waals surface area contributed by atoms with Crippen LogP contribution in [0.5, 0.6) is 0 Å². The first-order chi connectivity index (χ1) is 21.8. The molecule has 0 saturated heterocycles. The Hall–Kier alpha value is -5.72. The average Bonchev–Trinajstić information content (AvgIpc) is 3.09. The van der Waals surface area contributed by atoms with Gasteiger partial charge in [-0.25, -0.2) is 0 Å². The summed E-state index contributed by atoms with van der Waals surface area (Å²) in [6.07, 6.45) is 0. The second kappa shape index (κ2) is 8.89. The minimum Gasteiger partial charge on any atom is -0.0616 e. The third-order valence-electron chi connectivity index (χ3n) is 9.76. The highest BCUT2D eigenvalue weighted by atomic mass is 14.2. The maximum absolute atomic E-state index is 2.40. The zero-order chi connectivity index (χ0) is 28.8. The monoisotopic (exact) mass is 554 g/mol. The van der Waals surface area contributed by atoms with Crippen molar-refractivity contribution in [1.29, 1.82) is 0 Å². The highest BCUT2D eigenvalue weighted by Crippen LogP contribution is 2.44. The Bertz CT molecular complexity index is 2750. The van der Waals surface area contributed by atoms with Crippen molar-refractivity contribution in [2.45, 2.75) is 0 Å². The van der Waals surface area contributed by atoms with E-state index >= 15 is 0 Å². The minimum atomic E-state index is 1.24. The smallest absolute Gasteiger partial charge is 0.00206 e. The zero-order valence-corrected chi connectivity index (χ0v) is 24.0. The Kier molecular flexibility index (Phi) is 4.81. The standard InChI is InChI=1S/C44H26/c1-2-8-32-26-42(39-21-15-30-13-12-28-9-5-10-29-16-23-40(39)44(30)43(28)29)41(25-31(32)7-1)34-17-19-36-33(24-34)18-22-37-35-11-4-3-6-27(35)14-20-38(36)37/h1-26H. The van der Waals surface area contributed by atoms with Crippen LogP contribution < -0.4 is 0 Å². The van der Waals surface area contributed by atoms with E-state index in [-0.39, 0.29) is 0 Å². The van der Waals surface area contributed by atoms with E-state index in [1.165, 1.54) is 97.7 Å². The normalized spacial score (nSPS) is 12.1. The molecule has 0 fully saturated rings. The van der Waals surface area contributed by atoms with Crippen molar-refractivity contribution in [3.8, 4) is 22.3 Å². The van der Waals surface area contributed by atoms with Gasteiger partial charge >= 0.3 is 0 Å². The molecule has 0 amide bonds. The highest BCUT2D eigenvalue weighted by Gasteiger charge is 2.16. The Morgan fingerprint density at radius 1 is 0.227 bits per heavy atom. The van der Waals surface area contributed by atoms with Crippen molar-refractivity contribution >= 4 is 75.4 Å². The van der Waals surface area contributed by atoms with Crippen LogP contribution in [-0.2, 0) is 0 Å². The quantitative estimate of drug-likeness (QED) is 0.186. The molecular weight excluding hydrogens is 528 g/mol. The molecule has 0 bridgehead atoms. The Labute approximate surface area is 254 Å². The maximum atomic E-state index is 2.40. The first-order valence-corrected chi connectivity index (χ1v) is 15.3. The summed E-state index contributed by atoms with van der Waals surface area (Å²) in [5.74, 6) is 0. The lowest BCUT2D eigenvalue weighted by Crippen LogP contribution is -1.91. The summed E-state index contributed by atoms with van der Waals surface area (Å²) < 4.78 is 0. The fraction of sp³-hybridized carbons (Fsp3) is 0. The summed E-state index contributed by atoms with van der Waals surface area (Å²) in [6.45, 7) is 0. The molecule has 10 aromatic rings. The molecule has 0 unspecified atom stereocenters. The molecule has 0 aliphatic carbocycles. The van der Waals surface area contributed by atoms with Crippen LogP contribution in [0.25, 0.3) is 97.7 Å². The fourth-order valence-corrected chi connectivity index (χ4v) is 7.67. The van der Waals surface area contributed by atoms with Crippen LogP contribution in [0, 0.1) is 0 Å². The minimum absolute atomic E-state index is 1.24. The average molecular weight is 555 g/mol. The Balaban J connectivity index is 1.26. The molecule has 10 rings (SSSR count). The van der Waals surface area contributed by atoms with Crippen LogP contribution in [0.2, 0.25) is 0 Å². The number of fused-ring (bicyclic) bond motifs is 6. The summed E-state index contributed by atoms with van der Waals surface area (Å²) in [5, 5.41) is 18.2. The molecule has 10 aromatic carbocycles. The third kappa shape index (κ3) is 3.34.